The molecule has 4 heteroatoms. The van der Waals surface area contributed by atoms with Crippen LogP contribution in [0.3, 0.4) is 0 Å². The molecule has 124 valence electrons. The van der Waals surface area contributed by atoms with E-state index in [4.69, 9.17) is 9.16 Å². The Morgan fingerprint density at radius 2 is 1.68 bits per heavy atom. The van der Waals surface area contributed by atoms with Gasteiger partial charge in [-0.1, -0.05) is 43.7 Å². The van der Waals surface area contributed by atoms with Crippen LogP contribution < -0.4 is 0 Å². The minimum Gasteiger partial charge on any atom is -0.469 e. The van der Waals surface area contributed by atoms with Crippen molar-refractivity contribution < 1.29 is 14.0 Å². The van der Waals surface area contributed by atoms with Crippen molar-refractivity contribution in [2.24, 2.45) is 5.41 Å². The van der Waals surface area contributed by atoms with Crippen LogP contribution in [0.1, 0.15) is 39.2 Å². The second-order valence-corrected chi connectivity index (χ2v) is 11.7. The largest absolute Gasteiger partial charge is 0.469 e. The van der Waals surface area contributed by atoms with Crippen molar-refractivity contribution in [1.29, 1.82) is 0 Å². The van der Waals surface area contributed by atoms with Crippen LogP contribution in [0.2, 0.25) is 19.6 Å². The minimum absolute atomic E-state index is 0.233. The van der Waals surface area contributed by atoms with Crippen LogP contribution in [0, 0.1) is 5.41 Å². The second-order valence-electron chi connectivity index (χ2n) is 7.27. The zero-order chi connectivity index (χ0) is 17.0. The Labute approximate surface area is 136 Å². The van der Waals surface area contributed by atoms with Crippen LogP contribution in [-0.2, 0) is 19.6 Å². The molecular weight excluding hydrogens is 292 g/mol. The zero-order valence-electron chi connectivity index (χ0n) is 15.0. The van der Waals surface area contributed by atoms with E-state index in [1.165, 1.54) is 7.11 Å². The molecule has 0 aromatic heterocycles. The van der Waals surface area contributed by atoms with Crippen LogP contribution in [0.5, 0.6) is 0 Å². The minimum atomic E-state index is -1.89. The van der Waals surface area contributed by atoms with Gasteiger partial charge in [0.25, 0.3) is 0 Å². The van der Waals surface area contributed by atoms with Crippen LogP contribution in [0.4, 0.5) is 0 Å². The first-order valence-electron chi connectivity index (χ1n) is 7.95. The molecule has 1 atom stereocenters. The molecule has 0 fully saturated rings. The molecule has 1 aromatic rings. The molecule has 0 aliphatic rings. The van der Waals surface area contributed by atoms with Gasteiger partial charge in [-0.15, -0.1) is 0 Å². The molecule has 1 unspecified atom stereocenters. The summed E-state index contributed by atoms with van der Waals surface area (Å²) in [5, 5.41) is 0. The summed E-state index contributed by atoms with van der Waals surface area (Å²) in [5.74, 6) is -0.233. The molecule has 0 saturated carbocycles. The van der Waals surface area contributed by atoms with Crippen LogP contribution in [-0.4, -0.2) is 21.4 Å². The highest BCUT2D eigenvalue weighted by atomic mass is 28.4. The van der Waals surface area contributed by atoms with Gasteiger partial charge in [-0.3, -0.25) is 4.79 Å². The molecule has 3 nitrogen and oxygen atoms in total. The Hall–Kier alpha value is -1.13. The van der Waals surface area contributed by atoms with Crippen molar-refractivity contribution in [1.82, 2.24) is 0 Å². The SMILES string of the molecule is CCCC(O[Si](C)(C)C)(c1ccccc1)C(C)(C)C(=O)OC. The van der Waals surface area contributed by atoms with Crippen LogP contribution in [0.15, 0.2) is 30.3 Å². The average molecular weight is 323 g/mol. The molecule has 0 amide bonds. The van der Waals surface area contributed by atoms with Gasteiger partial charge in [0, 0.05) is 0 Å². The van der Waals surface area contributed by atoms with Crippen molar-refractivity contribution in [3.63, 3.8) is 0 Å². The quantitative estimate of drug-likeness (QED) is 0.537. The summed E-state index contributed by atoms with van der Waals surface area (Å²) in [4.78, 5) is 12.5. The predicted molar refractivity (Wildman–Crippen MR) is 93.3 cm³/mol. The third-order valence-electron chi connectivity index (χ3n) is 4.03. The molecule has 22 heavy (non-hydrogen) atoms. The maximum absolute atomic E-state index is 12.5. The van der Waals surface area contributed by atoms with E-state index in [0.717, 1.165) is 18.4 Å². The molecular formula is C18H30O3Si. The third-order valence-corrected chi connectivity index (χ3v) is 4.99. The first-order chi connectivity index (χ1) is 10.1. The van der Waals surface area contributed by atoms with Gasteiger partial charge in [-0.25, -0.2) is 0 Å². The summed E-state index contributed by atoms with van der Waals surface area (Å²) in [6.45, 7) is 12.5. The lowest BCUT2D eigenvalue weighted by Crippen LogP contribution is -2.54. The number of benzene rings is 1. The number of methoxy groups -OCH3 is 1. The zero-order valence-corrected chi connectivity index (χ0v) is 16.0. The van der Waals surface area contributed by atoms with Gasteiger partial charge in [0.1, 0.15) is 0 Å². The van der Waals surface area contributed by atoms with E-state index in [-0.39, 0.29) is 5.97 Å². The normalized spacial score (nSPS) is 15.2. The van der Waals surface area contributed by atoms with E-state index in [0.29, 0.717) is 0 Å². The fourth-order valence-electron chi connectivity index (χ4n) is 3.06. The van der Waals surface area contributed by atoms with Gasteiger partial charge in [-0.05, 0) is 45.5 Å². The Bertz CT molecular complexity index is 491. The van der Waals surface area contributed by atoms with E-state index in [1.54, 1.807) is 0 Å². The fourth-order valence-corrected chi connectivity index (χ4v) is 4.58. The average Bonchev–Trinajstić information content (AvgIpc) is 2.45. The lowest BCUT2D eigenvalue weighted by Gasteiger charge is -2.48. The van der Waals surface area contributed by atoms with Crippen molar-refractivity contribution in [2.75, 3.05) is 7.11 Å². The summed E-state index contributed by atoms with van der Waals surface area (Å²) in [5.41, 5.74) is -0.380. The Morgan fingerprint density at radius 3 is 2.09 bits per heavy atom. The van der Waals surface area contributed by atoms with E-state index < -0.39 is 19.3 Å². The first kappa shape index (κ1) is 18.9. The predicted octanol–water partition coefficient (Wildman–Crippen LogP) is 4.73. The molecule has 0 bridgehead atoms. The number of hydrogen-bond acceptors (Lipinski definition) is 3. The number of carbonyl (C=O) groups excluding carboxylic acids is 1. The van der Waals surface area contributed by atoms with E-state index >= 15 is 0 Å². The Balaban J connectivity index is 3.56. The van der Waals surface area contributed by atoms with Gasteiger partial charge in [0.15, 0.2) is 8.32 Å². The third kappa shape index (κ3) is 3.79. The molecule has 1 aromatic carbocycles. The van der Waals surface area contributed by atoms with Gasteiger partial charge < -0.3 is 9.16 Å². The van der Waals surface area contributed by atoms with Gasteiger partial charge in [0.2, 0.25) is 0 Å². The number of ether oxygens (including phenoxy) is 1. The molecule has 0 saturated heterocycles. The topological polar surface area (TPSA) is 35.5 Å². The lowest BCUT2D eigenvalue weighted by atomic mass is 9.68. The van der Waals surface area contributed by atoms with Crippen molar-refractivity contribution in [3.8, 4) is 0 Å². The highest BCUT2D eigenvalue weighted by molar-refractivity contribution is 6.69. The fraction of sp³-hybridized carbons (Fsp3) is 0.611. The highest BCUT2D eigenvalue weighted by Crippen LogP contribution is 2.48. The number of esters is 1. The molecule has 0 spiro atoms. The summed E-state index contributed by atoms with van der Waals surface area (Å²) >= 11 is 0. The monoisotopic (exact) mass is 322 g/mol. The lowest BCUT2D eigenvalue weighted by molar-refractivity contribution is -0.168. The molecule has 0 aliphatic carbocycles. The van der Waals surface area contributed by atoms with Crippen LogP contribution in [0.25, 0.3) is 0 Å². The maximum atomic E-state index is 12.5. The van der Waals surface area contributed by atoms with Gasteiger partial charge >= 0.3 is 5.97 Å². The Kier molecular flexibility index (Phi) is 5.99. The summed E-state index contributed by atoms with van der Waals surface area (Å²) in [6.07, 6.45) is 1.71. The molecule has 0 aliphatic heterocycles. The van der Waals surface area contributed by atoms with E-state index in [9.17, 15) is 4.79 Å². The molecule has 0 N–H and O–H groups in total. The number of hydrogen-bond donors (Lipinski definition) is 0. The molecule has 1 rings (SSSR count). The van der Waals surface area contributed by atoms with Crippen molar-refractivity contribution >= 4 is 14.3 Å². The van der Waals surface area contributed by atoms with E-state index in [1.807, 2.05) is 32.0 Å². The standard InChI is InChI=1S/C18H30O3Si/c1-8-14-18(21-22(5,6)7,15-12-10-9-11-13-15)17(2,3)16(19)20-4/h9-13H,8,14H2,1-7H3. The van der Waals surface area contributed by atoms with E-state index in [2.05, 4.69) is 38.7 Å². The van der Waals surface area contributed by atoms with Crippen molar-refractivity contribution in [3.05, 3.63) is 35.9 Å². The Morgan fingerprint density at radius 1 is 1.14 bits per heavy atom. The van der Waals surface area contributed by atoms with Crippen LogP contribution >= 0.6 is 0 Å². The van der Waals surface area contributed by atoms with Gasteiger partial charge in [0.05, 0.1) is 18.1 Å². The number of rotatable bonds is 7. The van der Waals surface area contributed by atoms with Gasteiger partial charge in [-0.2, -0.15) is 0 Å². The van der Waals surface area contributed by atoms with Crippen molar-refractivity contribution in [2.45, 2.75) is 58.9 Å². The summed E-state index contributed by atoms with van der Waals surface area (Å²) in [7, 11) is -0.444. The number of carbonyl (C=O) groups is 1. The molecule has 0 radical (unpaired) electrons. The highest BCUT2D eigenvalue weighted by Gasteiger charge is 2.54. The maximum Gasteiger partial charge on any atom is 0.314 e. The first-order valence-corrected chi connectivity index (χ1v) is 11.4. The second kappa shape index (κ2) is 6.96. The summed E-state index contributed by atoms with van der Waals surface area (Å²) < 4.78 is 11.8. The summed E-state index contributed by atoms with van der Waals surface area (Å²) in [6, 6.07) is 10.1. The smallest absolute Gasteiger partial charge is 0.314 e. The molecule has 0 heterocycles.